The number of aromatic nitrogens is 1. The van der Waals surface area contributed by atoms with Crippen LogP contribution in [0.15, 0.2) is 48.8 Å². The molecule has 4 heteroatoms. The first-order valence-electron chi connectivity index (χ1n) is 7.26. The van der Waals surface area contributed by atoms with Crippen LogP contribution < -0.4 is 10.6 Å². The summed E-state index contributed by atoms with van der Waals surface area (Å²) in [5, 5.41) is 6.40. The number of benzene rings is 1. The van der Waals surface area contributed by atoms with Crippen LogP contribution in [0.5, 0.6) is 0 Å². The van der Waals surface area contributed by atoms with Gasteiger partial charge in [-0.3, -0.25) is 9.78 Å². The smallest absolute Gasteiger partial charge is 0.257 e. The quantitative estimate of drug-likeness (QED) is 0.854. The predicted molar refractivity (Wildman–Crippen MR) is 85.3 cm³/mol. The van der Waals surface area contributed by atoms with Crippen molar-refractivity contribution in [3.8, 4) is 0 Å². The largest absolute Gasteiger partial charge is 0.322 e. The fraction of sp³-hybridized carbons (Fsp3) is 0.294. The van der Waals surface area contributed by atoms with Gasteiger partial charge in [0.25, 0.3) is 5.91 Å². The zero-order valence-electron chi connectivity index (χ0n) is 12.5. The van der Waals surface area contributed by atoms with Gasteiger partial charge >= 0.3 is 0 Å². The minimum absolute atomic E-state index is 0.141. The summed E-state index contributed by atoms with van der Waals surface area (Å²) >= 11 is 0. The maximum atomic E-state index is 12.2. The van der Waals surface area contributed by atoms with E-state index in [0.29, 0.717) is 5.56 Å². The number of pyridine rings is 1. The Morgan fingerprint density at radius 3 is 2.76 bits per heavy atom. The van der Waals surface area contributed by atoms with Crippen molar-refractivity contribution in [1.29, 1.82) is 0 Å². The van der Waals surface area contributed by atoms with Gasteiger partial charge in [0.1, 0.15) is 0 Å². The average molecular weight is 283 g/mol. The van der Waals surface area contributed by atoms with Gasteiger partial charge in [-0.25, -0.2) is 0 Å². The monoisotopic (exact) mass is 283 g/mol. The lowest BCUT2D eigenvalue weighted by Crippen LogP contribution is -2.21. The van der Waals surface area contributed by atoms with Crippen LogP contribution in [0.4, 0.5) is 5.69 Å². The van der Waals surface area contributed by atoms with Crippen LogP contribution in [-0.4, -0.2) is 17.4 Å². The molecular formula is C17H21N3O. The minimum atomic E-state index is -0.141. The van der Waals surface area contributed by atoms with E-state index < -0.39 is 0 Å². The standard InChI is InChI=1S/C17H21N3O/c1-3-10-19-13(2)15-8-4-5-9-16(15)20-17(21)14-7-6-11-18-12-14/h4-9,11-13,19H,3,10H2,1-2H3,(H,20,21). The fourth-order valence-corrected chi connectivity index (χ4v) is 2.15. The van der Waals surface area contributed by atoms with Gasteiger partial charge in [0, 0.05) is 24.1 Å². The van der Waals surface area contributed by atoms with Crippen LogP contribution in [0, 0.1) is 0 Å². The number of para-hydroxylation sites is 1. The third-order valence-corrected chi connectivity index (χ3v) is 3.30. The van der Waals surface area contributed by atoms with E-state index in [4.69, 9.17) is 0 Å². The second-order valence-electron chi connectivity index (χ2n) is 4.96. The molecular weight excluding hydrogens is 262 g/mol. The molecule has 1 unspecified atom stereocenters. The Morgan fingerprint density at radius 2 is 2.05 bits per heavy atom. The molecule has 2 N–H and O–H groups in total. The van der Waals surface area contributed by atoms with Crippen LogP contribution in [0.1, 0.15) is 42.2 Å². The lowest BCUT2D eigenvalue weighted by atomic mass is 10.1. The number of hydrogen-bond donors (Lipinski definition) is 2. The van der Waals surface area contributed by atoms with Crippen LogP contribution in [0.3, 0.4) is 0 Å². The zero-order valence-corrected chi connectivity index (χ0v) is 12.5. The number of carbonyl (C=O) groups is 1. The molecule has 1 amide bonds. The number of nitrogens with one attached hydrogen (secondary N) is 2. The van der Waals surface area contributed by atoms with Crippen LogP contribution >= 0.6 is 0 Å². The summed E-state index contributed by atoms with van der Waals surface area (Å²) in [7, 11) is 0. The molecule has 0 aliphatic carbocycles. The predicted octanol–water partition coefficient (Wildman–Crippen LogP) is 3.39. The highest BCUT2D eigenvalue weighted by Gasteiger charge is 2.12. The molecule has 1 heterocycles. The minimum Gasteiger partial charge on any atom is -0.322 e. The molecule has 0 bridgehead atoms. The van der Waals surface area contributed by atoms with Crippen molar-refractivity contribution in [3.05, 3.63) is 59.9 Å². The number of rotatable bonds is 6. The van der Waals surface area contributed by atoms with E-state index >= 15 is 0 Å². The summed E-state index contributed by atoms with van der Waals surface area (Å²) in [5.74, 6) is -0.141. The highest BCUT2D eigenvalue weighted by atomic mass is 16.1. The summed E-state index contributed by atoms with van der Waals surface area (Å²) in [6.45, 7) is 5.19. The second kappa shape index (κ2) is 7.55. The van der Waals surface area contributed by atoms with E-state index in [1.165, 1.54) is 0 Å². The third kappa shape index (κ3) is 4.13. The molecule has 0 aliphatic rings. The topological polar surface area (TPSA) is 54.0 Å². The Bertz CT molecular complexity index is 584. The van der Waals surface area contributed by atoms with Gasteiger partial charge < -0.3 is 10.6 Å². The van der Waals surface area contributed by atoms with Gasteiger partial charge in [0.05, 0.1) is 5.56 Å². The van der Waals surface area contributed by atoms with E-state index in [2.05, 4.69) is 29.5 Å². The fourth-order valence-electron chi connectivity index (χ4n) is 2.15. The number of hydrogen-bond acceptors (Lipinski definition) is 3. The molecule has 0 saturated heterocycles. The number of amides is 1. The molecule has 0 saturated carbocycles. The Kier molecular flexibility index (Phi) is 5.46. The summed E-state index contributed by atoms with van der Waals surface area (Å²) in [6, 6.07) is 11.6. The summed E-state index contributed by atoms with van der Waals surface area (Å²) in [5.41, 5.74) is 2.48. The Labute approximate surface area is 125 Å². The molecule has 0 spiro atoms. The van der Waals surface area contributed by atoms with Gasteiger partial charge in [-0.05, 0) is 43.7 Å². The van der Waals surface area contributed by atoms with Crippen LogP contribution in [-0.2, 0) is 0 Å². The van der Waals surface area contributed by atoms with Crippen molar-refractivity contribution in [2.75, 3.05) is 11.9 Å². The molecule has 0 fully saturated rings. The van der Waals surface area contributed by atoms with Gasteiger partial charge in [-0.1, -0.05) is 25.1 Å². The van der Waals surface area contributed by atoms with Crippen LogP contribution in [0.25, 0.3) is 0 Å². The third-order valence-electron chi connectivity index (χ3n) is 3.30. The van der Waals surface area contributed by atoms with Gasteiger partial charge in [-0.15, -0.1) is 0 Å². The first kappa shape index (κ1) is 15.2. The molecule has 1 atom stereocenters. The highest BCUT2D eigenvalue weighted by Crippen LogP contribution is 2.23. The highest BCUT2D eigenvalue weighted by molar-refractivity contribution is 6.04. The second-order valence-corrected chi connectivity index (χ2v) is 4.96. The van der Waals surface area contributed by atoms with Crippen LogP contribution in [0.2, 0.25) is 0 Å². The van der Waals surface area contributed by atoms with Crippen molar-refractivity contribution < 1.29 is 4.79 Å². The van der Waals surface area contributed by atoms with Gasteiger partial charge in [0.15, 0.2) is 0 Å². The van der Waals surface area contributed by atoms with Gasteiger partial charge in [-0.2, -0.15) is 0 Å². The molecule has 0 radical (unpaired) electrons. The van der Waals surface area contributed by atoms with E-state index in [1.54, 1.807) is 24.5 Å². The van der Waals surface area contributed by atoms with Crippen molar-refractivity contribution in [1.82, 2.24) is 10.3 Å². The molecule has 4 nitrogen and oxygen atoms in total. The Hall–Kier alpha value is -2.20. The SMILES string of the molecule is CCCNC(C)c1ccccc1NC(=O)c1cccnc1. The molecule has 2 aromatic rings. The molecule has 110 valence electrons. The summed E-state index contributed by atoms with van der Waals surface area (Å²) < 4.78 is 0. The van der Waals surface area contributed by atoms with E-state index in [0.717, 1.165) is 24.2 Å². The maximum absolute atomic E-state index is 12.2. The van der Waals surface area contributed by atoms with Gasteiger partial charge in [0.2, 0.25) is 0 Å². The maximum Gasteiger partial charge on any atom is 0.257 e. The Morgan fingerprint density at radius 1 is 1.24 bits per heavy atom. The molecule has 2 rings (SSSR count). The van der Waals surface area contributed by atoms with Crippen molar-refractivity contribution >= 4 is 11.6 Å². The number of nitrogens with zero attached hydrogens (tertiary/aromatic N) is 1. The molecule has 0 aliphatic heterocycles. The number of anilines is 1. The normalized spacial score (nSPS) is 11.9. The zero-order chi connectivity index (χ0) is 15.1. The van der Waals surface area contributed by atoms with Crippen molar-refractivity contribution in [2.24, 2.45) is 0 Å². The average Bonchev–Trinajstić information content (AvgIpc) is 2.54. The first-order valence-corrected chi connectivity index (χ1v) is 7.26. The summed E-state index contributed by atoms with van der Waals surface area (Å²) in [4.78, 5) is 16.2. The molecule has 1 aromatic heterocycles. The van der Waals surface area contributed by atoms with Crippen molar-refractivity contribution in [2.45, 2.75) is 26.3 Å². The first-order chi connectivity index (χ1) is 10.2. The van der Waals surface area contributed by atoms with E-state index in [-0.39, 0.29) is 11.9 Å². The lowest BCUT2D eigenvalue weighted by molar-refractivity contribution is 0.102. The number of carbonyl (C=O) groups excluding carboxylic acids is 1. The molecule has 21 heavy (non-hydrogen) atoms. The Balaban J connectivity index is 2.15. The van der Waals surface area contributed by atoms with E-state index in [1.807, 2.05) is 24.3 Å². The molecule has 1 aromatic carbocycles. The van der Waals surface area contributed by atoms with E-state index in [9.17, 15) is 4.79 Å². The summed E-state index contributed by atoms with van der Waals surface area (Å²) in [6.07, 6.45) is 4.30. The van der Waals surface area contributed by atoms with Crippen molar-refractivity contribution in [3.63, 3.8) is 0 Å². The lowest BCUT2D eigenvalue weighted by Gasteiger charge is -2.18.